The van der Waals surface area contributed by atoms with Gasteiger partial charge in [-0.05, 0) is 18.9 Å². The number of aromatic nitrogens is 7. The Labute approximate surface area is 150 Å². The lowest BCUT2D eigenvalue weighted by Crippen LogP contribution is -2.00. The molecular weight excluding hydrogens is 330 g/mol. The maximum Gasteiger partial charge on any atom is 0.0999 e. The third kappa shape index (κ3) is 3.11. The van der Waals surface area contributed by atoms with E-state index in [1.54, 1.807) is 12.4 Å². The van der Waals surface area contributed by atoms with Crippen molar-refractivity contribution in [2.24, 2.45) is 0 Å². The van der Waals surface area contributed by atoms with Gasteiger partial charge in [-0.3, -0.25) is 9.36 Å². The Morgan fingerprint density at radius 2 is 1.73 bits per heavy atom. The van der Waals surface area contributed by atoms with Crippen LogP contribution in [-0.4, -0.2) is 45.9 Å². The fourth-order valence-electron chi connectivity index (χ4n) is 2.97. The van der Waals surface area contributed by atoms with E-state index in [0.29, 0.717) is 13.0 Å². The molecule has 0 radical (unpaired) electrons. The van der Waals surface area contributed by atoms with Gasteiger partial charge in [-0.25, -0.2) is 9.50 Å². The largest absolute Gasteiger partial charge is 0.396 e. The molecule has 0 saturated carbocycles. The number of aliphatic hydroxyl groups is 1. The third-order valence-corrected chi connectivity index (χ3v) is 4.22. The average Bonchev–Trinajstić information content (AvgIpc) is 3.39. The topological polar surface area (TPSA) is 86.1 Å². The molecule has 8 heteroatoms. The van der Waals surface area contributed by atoms with Crippen LogP contribution in [0.4, 0.5) is 0 Å². The van der Waals surface area contributed by atoms with Crippen LogP contribution in [0.3, 0.4) is 0 Å². The molecule has 8 nitrogen and oxygen atoms in total. The van der Waals surface area contributed by atoms with Crippen LogP contribution in [0.5, 0.6) is 0 Å². The molecule has 0 aliphatic rings. The molecule has 134 valence electrons. The van der Waals surface area contributed by atoms with E-state index in [2.05, 4.69) is 22.2 Å². The van der Waals surface area contributed by atoms with Gasteiger partial charge in [0.2, 0.25) is 0 Å². The normalized spacial score (nSPS) is 11.5. The lowest BCUT2D eigenvalue weighted by atomic mass is 10.2. The van der Waals surface area contributed by atoms with Gasteiger partial charge in [-0.2, -0.15) is 15.3 Å². The number of rotatable bonds is 7. The number of hydrogen-bond acceptors (Lipinski definition) is 5. The number of aryl methyl sites for hydroxylation is 2. The SMILES string of the molecule is CCCn1cc(-c2nc(-c3cnn(CCCO)c3)cn3nccc23)cn1. The van der Waals surface area contributed by atoms with Crippen LogP contribution >= 0.6 is 0 Å². The van der Waals surface area contributed by atoms with E-state index in [4.69, 9.17) is 10.1 Å². The van der Waals surface area contributed by atoms with Crippen LogP contribution in [-0.2, 0) is 13.1 Å². The first-order chi connectivity index (χ1) is 12.8. The molecule has 0 amide bonds. The predicted molar refractivity (Wildman–Crippen MR) is 97.4 cm³/mol. The smallest absolute Gasteiger partial charge is 0.0999 e. The Morgan fingerprint density at radius 3 is 2.54 bits per heavy atom. The Hall–Kier alpha value is -3.00. The van der Waals surface area contributed by atoms with Crippen molar-refractivity contribution in [1.29, 1.82) is 0 Å². The Kier molecular flexibility index (Phi) is 4.49. The van der Waals surface area contributed by atoms with Gasteiger partial charge in [0.05, 0.1) is 41.7 Å². The summed E-state index contributed by atoms with van der Waals surface area (Å²) in [5, 5.41) is 22.1. The van der Waals surface area contributed by atoms with E-state index < -0.39 is 0 Å². The van der Waals surface area contributed by atoms with Gasteiger partial charge in [0.1, 0.15) is 0 Å². The van der Waals surface area contributed by atoms with Gasteiger partial charge in [0, 0.05) is 43.2 Å². The van der Waals surface area contributed by atoms with Crippen LogP contribution in [0, 0.1) is 0 Å². The molecule has 1 N–H and O–H groups in total. The quantitative estimate of drug-likeness (QED) is 0.552. The lowest BCUT2D eigenvalue weighted by Gasteiger charge is -2.05. The molecule has 0 unspecified atom stereocenters. The van der Waals surface area contributed by atoms with E-state index in [1.807, 2.05) is 44.7 Å². The lowest BCUT2D eigenvalue weighted by molar-refractivity contribution is 0.277. The van der Waals surface area contributed by atoms with E-state index >= 15 is 0 Å². The number of fused-ring (bicyclic) bond motifs is 1. The average molecular weight is 351 g/mol. The van der Waals surface area contributed by atoms with E-state index in [9.17, 15) is 0 Å². The number of hydrogen-bond donors (Lipinski definition) is 1. The number of aliphatic hydroxyl groups excluding tert-OH is 1. The first-order valence-electron chi connectivity index (χ1n) is 8.79. The summed E-state index contributed by atoms with van der Waals surface area (Å²) >= 11 is 0. The molecule has 0 aliphatic heterocycles. The highest BCUT2D eigenvalue weighted by molar-refractivity contribution is 5.78. The van der Waals surface area contributed by atoms with Crippen molar-refractivity contribution < 1.29 is 5.11 Å². The molecule has 4 aromatic heterocycles. The van der Waals surface area contributed by atoms with Crippen molar-refractivity contribution in [3.05, 3.63) is 43.2 Å². The second-order valence-corrected chi connectivity index (χ2v) is 6.20. The zero-order chi connectivity index (χ0) is 17.9. The van der Waals surface area contributed by atoms with Crippen LogP contribution in [0.25, 0.3) is 28.0 Å². The van der Waals surface area contributed by atoms with E-state index in [1.165, 1.54) is 0 Å². The second kappa shape index (κ2) is 7.09. The summed E-state index contributed by atoms with van der Waals surface area (Å²) in [6, 6.07) is 1.95. The molecule has 0 aromatic carbocycles. The summed E-state index contributed by atoms with van der Waals surface area (Å²) < 4.78 is 5.59. The fraction of sp³-hybridized carbons (Fsp3) is 0.333. The maximum atomic E-state index is 8.98. The first-order valence-corrected chi connectivity index (χ1v) is 8.79. The zero-order valence-corrected chi connectivity index (χ0v) is 14.7. The Balaban J connectivity index is 1.75. The summed E-state index contributed by atoms with van der Waals surface area (Å²) in [5.41, 5.74) is 4.48. The summed E-state index contributed by atoms with van der Waals surface area (Å²) in [4.78, 5) is 4.86. The van der Waals surface area contributed by atoms with Gasteiger partial charge in [0.15, 0.2) is 0 Å². The molecule has 0 fully saturated rings. The minimum atomic E-state index is 0.151. The minimum absolute atomic E-state index is 0.151. The Morgan fingerprint density at radius 1 is 0.962 bits per heavy atom. The van der Waals surface area contributed by atoms with Gasteiger partial charge >= 0.3 is 0 Å². The van der Waals surface area contributed by atoms with Crippen LogP contribution in [0.1, 0.15) is 19.8 Å². The highest BCUT2D eigenvalue weighted by atomic mass is 16.3. The van der Waals surface area contributed by atoms with Crippen molar-refractivity contribution in [2.75, 3.05) is 6.61 Å². The zero-order valence-electron chi connectivity index (χ0n) is 14.7. The summed E-state index contributed by atoms with van der Waals surface area (Å²) in [6.45, 7) is 3.84. The van der Waals surface area contributed by atoms with Gasteiger partial charge in [-0.15, -0.1) is 0 Å². The molecule has 26 heavy (non-hydrogen) atoms. The molecule has 4 aromatic rings. The minimum Gasteiger partial charge on any atom is -0.396 e. The van der Waals surface area contributed by atoms with Crippen LogP contribution in [0.2, 0.25) is 0 Å². The highest BCUT2D eigenvalue weighted by Gasteiger charge is 2.13. The molecule has 0 saturated heterocycles. The summed E-state index contributed by atoms with van der Waals surface area (Å²) in [5.74, 6) is 0. The monoisotopic (exact) mass is 351 g/mol. The van der Waals surface area contributed by atoms with Crippen molar-refractivity contribution >= 4 is 5.52 Å². The van der Waals surface area contributed by atoms with Crippen LogP contribution in [0.15, 0.2) is 43.2 Å². The summed E-state index contributed by atoms with van der Waals surface area (Å²) in [6.07, 6.45) is 13.0. The number of nitrogens with zero attached hydrogens (tertiary/aromatic N) is 7. The van der Waals surface area contributed by atoms with Crippen molar-refractivity contribution in [3.63, 3.8) is 0 Å². The van der Waals surface area contributed by atoms with E-state index in [0.717, 1.165) is 41.0 Å². The fourth-order valence-corrected chi connectivity index (χ4v) is 2.97. The molecular formula is C18H21N7O. The highest BCUT2D eigenvalue weighted by Crippen LogP contribution is 2.26. The van der Waals surface area contributed by atoms with Crippen molar-refractivity contribution in [3.8, 4) is 22.5 Å². The molecule has 0 aliphatic carbocycles. The molecule has 4 heterocycles. The predicted octanol–water partition coefficient (Wildman–Crippen LogP) is 2.25. The maximum absolute atomic E-state index is 8.98. The molecule has 0 bridgehead atoms. The van der Waals surface area contributed by atoms with Crippen molar-refractivity contribution in [2.45, 2.75) is 32.9 Å². The van der Waals surface area contributed by atoms with Gasteiger partial charge in [-0.1, -0.05) is 6.92 Å². The second-order valence-electron chi connectivity index (χ2n) is 6.20. The van der Waals surface area contributed by atoms with E-state index in [-0.39, 0.29) is 6.61 Å². The van der Waals surface area contributed by atoms with Gasteiger partial charge < -0.3 is 5.11 Å². The molecule has 0 spiro atoms. The molecule has 4 rings (SSSR count). The van der Waals surface area contributed by atoms with Crippen molar-refractivity contribution in [1.82, 2.24) is 34.2 Å². The van der Waals surface area contributed by atoms with Gasteiger partial charge in [0.25, 0.3) is 0 Å². The van der Waals surface area contributed by atoms with Crippen LogP contribution < -0.4 is 0 Å². The Bertz CT molecular complexity index is 1010. The summed E-state index contributed by atoms with van der Waals surface area (Å²) in [7, 11) is 0. The first kappa shape index (κ1) is 16.5. The standard InChI is InChI=1S/C18H21N7O/c1-2-6-23-12-15(10-21-23)18-17-4-5-19-25(17)13-16(22-18)14-9-20-24(11-14)7-3-8-26/h4-5,9-13,26H,2-3,6-8H2,1H3. The third-order valence-electron chi connectivity index (χ3n) is 4.22. The molecule has 0 atom stereocenters.